The molecular weight excluding hydrogens is 366 g/mol. The quantitative estimate of drug-likeness (QED) is 0.710. The van der Waals surface area contributed by atoms with Crippen LogP contribution in [-0.4, -0.2) is 40.4 Å². The highest BCUT2D eigenvalue weighted by Gasteiger charge is 2.20. The number of ether oxygens (including phenoxy) is 1. The van der Waals surface area contributed by atoms with E-state index < -0.39 is 0 Å². The molecule has 2 aromatic carbocycles. The van der Waals surface area contributed by atoms with E-state index in [0.717, 1.165) is 30.0 Å². The smallest absolute Gasteiger partial charge is 0.200 e. The first-order chi connectivity index (χ1) is 14.0. The van der Waals surface area contributed by atoms with Gasteiger partial charge in [0.25, 0.3) is 0 Å². The predicted octanol–water partition coefficient (Wildman–Crippen LogP) is 3.87. The number of morpholine rings is 1. The zero-order valence-corrected chi connectivity index (χ0v) is 17.1. The van der Waals surface area contributed by atoms with E-state index in [9.17, 15) is 4.79 Å². The Morgan fingerprint density at radius 1 is 1.07 bits per heavy atom. The van der Waals surface area contributed by atoms with E-state index in [1.807, 2.05) is 55.4 Å². The first-order valence-corrected chi connectivity index (χ1v) is 9.96. The Morgan fingerprint density at radius 3 is 2.48 bits per heavy atom. The minimum absolute atomic E-state index is 0.0235. The molecule has 2 heterocycles. The highest BCUT2D eigenvalue weighted by Crippen LogP contribution is 2.32. The van der Waals surface area contributed by atoms with E-state index in [4.69, 9.17) is 9.15 Å². The molecule has 0 amide bonds. The van der Waals surface area contributed by atoms with Crippen LogP contribution in [0.5, 0.6) is 0 Å². The predicted molar refractivity (Wildman–Crippen MR) is 118 cm³/mol. The third-order valence-corrected chi connectivity index (χ3v) is 5.29. The minimum Gasteiger partial charge on any atom is -0.440 e. The van der Waals surface area contributed by atoms with Crippen molar-refractivity contribution in [2.45, 2.75) is 13.0 Å². The van der Waals surface area contributed by atoms with Crippen molar-refractivity contribution in [2.75, 3.05) is 55.5 Å². The van der Waals surface area contributed by atoms with E-state index in [0.29, 0.717) is 30.1 Å². The summed E-state index contributed by atoms with van der Waals surface area (Å²) in [6, 6.07) is 15.6. The summed E-state index contributed by atoms with van der Waals surface area (Å²) in [5.41, 5.74) is 3.57. The summed E-state index contributed by atoms with van der Waals surface area (Å²) >= 11 is 0. The number of para-hydroxylation sites is 1. The van der Waals surface area contributed by atoms with Crippen LogP contribution in [0.2, 0.25) is 0 Å². The second kappa shape index (κ2) is 8.17. The topological polar surface area (TPSA) is 58.0 Å². The zero-order valence-electron chi connectivity index (χ0n) is 17.1. The van der Waals surface area contributed by atoms with Gasteiger partial charge in [-0.2, -0.15) is 0 Å². The van der Waals surface area contributed by atoms with E-state index >= 15 is 0 Å². The van der Waals surface area contributed by atoms with Crippen molar-refractivity contribution in [2.24, 2.45) is 0 Å². The Labute approximate surface area is 170 Å². The SMILES string of the molecule is CC(Nc1ccccc1)c1cc(N(C)C)cc2c(=O)cc(N3CCOCC3)oc12. The molecule has 0 spiro atoms. The molecule has 1 saturated heterocycles. The van der Waals surface area contributed by atoms with Crippen molar-refractivity contribution in [3.63, 3.8) is 0 Å². The minimum atomic E-state index is -0.0390. The molecular formula is C23H27N3O3. The maximum absolute atomic E-state index is 13.0. The summed E-state index contributed by atoms with van der Waals surface area (Å²) in [6.07, 6.45) is 0. The summed E-state index contributed by atoms with van der Waals surface area (Å²) < 4.78 is 11.8. The van der Waals surface area contributed by atoms with Crippen molar-refractivity contribution >= 4 is 28.2 Å². The Morgan fingerprint density at radius 2 is 1.79 bits per heavy atom. The lowest BCUT2D eigenvalue weighted by molar-refractivity contribution is 0.121. The Kier molecular flexibility index (Phi) is 5.45. The molecule has 6 nitrogen and oxygen atoms in total. The summed E-state index contributed by atoms with van der Waals surface area (Å²) in [5.74, 6) is 0.608. The largest absolute Gasteiger partial charge is 0.440 e. The first-order valence-electron chi connectivity index (χ1n) is 9.96. The number of hydrogen-bond donors (Lipinski definition) is 1. The number of anilines is 3. The van der Waals surface area contributed by atoms with Gasteiger partial charge in [0.15, 0.2) is 11.3 Å². The monoisotopic (exact) mass is 393 g/mol. The van der Waals surface area contributed by atoms with Gasteiger partial charge in [-0.05, 0) is 31.2 Å². The average Bonchev–Trinajstić information content (AvgIpc) is 2.74. The van der Waals surface area contributed by atoms with E-state index in [1.165, 1.54) is 0 Å². The molecule has 1 aliphatic heterocycles. The number of fused-ring (bicyclic) bond motifs is 1. The Balaban J connectivity index is 1.83. The Hall–Kier alpha value is -2.99. The van der Waals surface area contributed by atoms with Crippen LogP contribution in [0.25, 0.3) is 11.0 Å². The Bertz CT molecular complexity index is 1040. The first kappa shape index (κ1) is 19.3. The molecule has 1 unspecified atom stereocenters. The summed E-state index contributed by atoms with van der Waals surface area (Å²) in [6.45, 7) is 4.80. The van der Waals surface area contributed by atoms with Crippen LogP contribution < -0.4 is 20.5 Å². The molecule has 1 N–H and O–H groups in total. The fourth-order valence-corrected chi connectivity index (χ4v) is 3.64. The van der Waals surface area contributed by atoms with Crippen LogP contribution in [0.4, 0.5) is 17.3 Å². The third kappa shape index (κ3) is 4.07. The number of hydrogen-bond acceptors (Lipinski definition) is 6. The molecule has 1 atom stereocenters. The van der Waals surface area contributed by atoms with Crippen LogP contribution >= 0.6 is 0 Å². The number of nitrogens with one attached hydrogen (secondary N) is 1. The van der Waals surface area contributed by atoms with Gasteiger partial charge >= 0.3 is 0 Å². The molecule has 1 fully saturated rings. The molecule has 0 bridgehead atoms. The normalized spacial score (nSPS) is 15.3. The standard InChI is InChI=1S/C23H27N3O3/c1-16(24-17-7-5-4-6-8-17)19-13-18(25(2)3)14-20-21(27)15-22(29-23(19)20)26-9-11-28-12-10-26/h4-8,13-16,24H,9-12H2,1-3H3. The molecule has 6 heteroatoms. The van der Waals surface area contributed by atoms with Crippen LogP contribution in [0.1, 0.15) is 18.5 Å². The second-order valence-corrected chi connectivity index (χ2v) is 7.59. The molecule has 1 aromatic heterocycles. The van der Waals surface area contributed by atoms with Gasteiger partial charge in [-0.15, -0.1) is 0 Å². The average molecular weight is 393 g/mol. The van der Waals surface area contributed by atoms with Gasteiger partial charge in [-0.3, -0.25) is 4.79 Å². The molecule has 1 aliphatic rings. The summed E-state index contributed by atoms with van der Waals surface area (Å²) in [5, 5.41) is 4.12. The van der Waals surface area contributed by atoms with Gasteiger partial charge in [-0.1, -0.05) is 18.2 Å². The molecule has 3 aromatic rings. The number of benzene rings is 2. The molecule has 4 rings (SSSR count). The van der Waals surface area contributed by atoms with Gasteiger partial charge in [0.1, 0.15) is 5.58 Å². The van der Waals surface area contributed by atoms with Crippen LogP contribution in [-0.2, 0) is 4.74 Å². The van der Waals surface area contributed by atoms with Crippen molar-refractivity contribution in [1.29, 1.82) is 0 Å². The molecule has 152 valence electrons. The summed E-state index contributed by atoms with van der Waals surface area (Å²) in [7, 11) is 3.95. The van der Waals surface area contributed by atoms with Crippen molar-refractivity contribution in [1.82, 2.24) is 0 Å². The third-order valence-electron chi connectivity index (χ3n) is 5.29. The van der Waals surface area contributed by atoms with E-state index in [-0.39, 0.29) is 11.5 Å². The summed E-state index contributed by atoms with van der Waals surface area (Å²) in [4.78, 5) is 17.1. The maximum Gasteiger partial charge on any atom is 0.200 e. The van der Waals surface area contributed by atoms with Crippen LogP contribution in [0, 0.1) is 0 Å². The van der Waals surface area contributed by atoms with Crippen LogP contribution in [0.3, 0.4) is 0 Å². The fraction of sp³-hybridized carbons (Fsp3) is 0.348. The lowest BCUT2D eigenvalue weighted by Crippen LogP contribution is -2.36. The van der Waals surface area contributed by atoms with Crippen molar-refractivity contribution in [3.05, 3.63) is 64.3 Å². The number of rotatable bonds is 5. The van der Waals surface area contributed by atoms with Crippen molar-refractivity contribution < 1.29 is 9.15 Å². The number of nitrogens with zero attached hydrogens (tertiary/aromatic N) is 2. The maximum atomic E-state index is 13.0. The molecule has 0 radical (unpaired) electrons. The van der Waals surface area contributed by atoms with Gasteiger partial charge in [-0.25, -0.2) is 0 Å². The highest BCUT2D eigenvalue weighted by atomic mass is 16.5. The van der Waals surface area contributed by atoms with Gasteiger partial charge < -0.3 is 24.3 Å². The lowest BCUT2D eigenvalue weighted by Gasteiger charge is -2.28. The lowest BCUT2D eigenvalue weighted by atomic mass is 10.0. The van der Waals surface area contributed by atoms with Gasteiger partial charge in [0, 0.05) is 50.2 Å². The van der Waals surface area contributed by atoms with E-state index in [1.54, 1.807) is 6.07 Å². The zero-order chi connectivity index (χ0) is 20.4. The fourth-order valence-electron chi connectivity index (χ4n) is 3.64. The molecule has 0 saturated carbocycles. The second-order valence-electron chi connectivity index (χ2n) is 7.59. The van der Waals surface area contributed by atoms with Gasteiger partial charge in [0.05, 0.1) is 24.6 Å². The van der Waals surface area contributed by atoms with E-state index in [2.05, 4.69) is 23.2 Å². The van der Waals surface area contributed by atoms with Crippen molar-refractivity contribution in [3.8, 4) is 0 Å². The van der Waals surface area contributed by atoms with Gasteiger partial charge in [0.2, 0.25) is 0 Å². The molecule has 29 heavy (non-hydrogen) atoms. The highest BCUT2D eigenvalue weighted by molar-refractivity contribution is 5.86. The van der Waals surface area contributed by atoms with Crippen LogP contribution in [0.15, 0.2) is 57.7 Å². The molecule has 0 aliphatic carbocycles.